The van der Waals surface area contributed by atoms with E-state index < -0.39 is 46.2 Å². The second-order valence-electron chi connectivity index (χ2n) is 7.04. The van der Waals surface area contributed by atoms with E-state index in [0.29, 0.717) is 18.4 Å². The lowest BCUT2D eigenvalue weighted by Crippen LogP contribution is -2.39. The number of carbonyl (C=O) groups excluding carboxylic acids is 1. The highest BCUT2D eigenvalue weighted by Gasteiger charge is 2.38. The van der Waals surface area contributed by atoms with E-state index in [9.17, 15) is 30.9 Å². The number of alkyl halides is 3. The Balaban J connectivity index is 2.32. The highest BCUT2D eigenvalue weighted by Crippen LogP contribution is 2.42. The van der Waals surface area contributed by atoms with Gasteiger partial charge in [-0.2, -0.15) is 0 Å². The third-order valence-electron chi connectivity index (χ3n) is 4.72. The van der Waals surface area contributed by atoms with Gasteiger partial charge in [0.25, 0.3) is 0 Å². The Bertz CT molecular complexity index is 888. The fraction of sp³-hybridized carbons (Fsp3) is 0.526. The van der Waals surface area contributed by atoms with E-state index in [2.05, 4.69) is 11.3 Å². The first kappa shape index (κ1) is 24.0. The Morgan fingerprint density at radius 1 is 1.20 bits per heavy atom. The molecule has 0 spiro atoms. The third-order valence-corrected chi connectivity index (χ3v) is 5.38. The maximum Gasteiger partial charge on any atom is 0.573 e. The molecule has 0 unspecified atom stereocenters. The van der Waals surface area contributed by atoms with Crippen LogP contribution in [0.25, 0.3) is 0 Å². The van der Waals surface area contributed by atoms with E-state index in [4.69, 9.17) is 9.47 Å². The van der Waals surface area contributed by atoms with Gasteiger partial charge in [-0.15, -0.1) is 13.2 Å². The topological polar surface area (TPSA) is 102 Å². The van der Waals surface area contributed by atoms with Crippen LogP contribution >= 0.6 is 0 Å². The van der Waals surface area contributed by atoms with E-state index in [1.807, 2.05) is 0 Å². The minimum Gasteiger partial charge on any atom is -0.748 e. The van der Waals surface area contributed by atoms with Gasteiger partial charge in [0.2, 0.25) is 0 Å². The molecule has 0 aromatic heterocycles. The van der Waals surface area contributed by atoms with Crippen LogP contribution in [-0.4, -0.2) is 43.3 Å². The van der Waals surface area contributed by atoms with Crippen molar-refractivity contribution in [2.24, 2.45) is 0 Å². The van der Waals surface area contributed by atoms with Crippen LogP contribution in [0.4, 0.5) is 13.2 Å². The van der Waals surface area contributed by atoms with Crippen LogP contribution in [0.1, 0.15) is 49.4 Å². The van der Waals surface area contributed by atoms with Crippen LogP contribution in [0.3, 0.4) is 0 Å². The van der Waals surface area contributed by atoms with Gasteiger partial charge in [0.15, 0.2) is 11.5 Å². The molecule has 11 heteroatoms. The maximum absolute atomic E-state index is 12.8. The Kier molecular flexibility index (Phi) is 7.40. The van der Waals surface area contributed by atoms with Crippen molar-refractivity contribution in [1.82, 2.24) is 0 Å². The second-order valence-corrected chi connectivity index (χ2v) is 8.57. The van der Waals surface area contributed by atoms with E-state index in [1.54, 1.807) is 6.92 Å². The Morgan fingerprint density at radius 3 is 2.37 bits per heavy atom. The van der Waals surface area contributed by atoms with E-state index in [0.717, 1.165) is 37.5 Å². The number of benzene rings is 1. The molecule has 0 heterocycles. The number of esters is 1. The molecule has 0 radical (unpaired) electrons. The van der Waals surface area contributed by atoms with Gasteiger partial charge in [-0.05, 0) is 56.4 Å². The fourth-order valence-corrected chi connectivity index (χ4v) is 3.48. The fourth-order valence-electron chi connectivity index (χ4n) is 3.19. The first-order valence-corrected chi connectivity index (χ1v) is 10.7. The van der Waals surface area contributed by atoms with Crippen LogP contribution < -0.4 is 9.47 Å². The zero-order valence-corrected chi connectivity index (χ0v) is 17.1. The quantitative estimate of drug-likeness (QED) is 0.335. The molecule has 1 aromatic carbocycles. The molecule has 30 heavy (non-hydrogen) atoms. The molecule has 1 saturated carbocycles. The average molecular weight is 451 g/mol. The molecule has 0 atom stereocenters. The summed E-state index contributed by atoms with van der Waals surface area (Å²) in [5.41, 5.74) is -0.453. The normalized spacial score (nSPS) is 16.6. The maximum atomic E-state index is 12.8. The van der Waals surface area contributed by atoms with Crippen molar-refractivity contribution in [3.05, 3.63) is 35.9 Å². The summed E-state index contributed by atoms with van der Waals surface area (Å²) in [6.45, 7) is 4.94. The number of rotatable bonds is 8. The van der Waals surface area contributed by atoms with E-state index in [-0.39, 0.29) is 11.3 Å². The summed E-state index contributed by atoms with van der Waals surface area (Å²) in [6.07, 6.45) is -1.33. The molecule has 0 bridgehead atoms. The standard InChI is InChI=1S/C19H23F3O7S/c1-13(2)18(8-4-3-5-9-18)28-16-12-14(6-7-15(16)29-19(20,21)22)17(23)27-10-11-30(24,25)26/h6-7,12H,1,3-5,8-11H2,2H3,(H,24,25,26)/p-1. The predicted molar refractivity (Wildman–Crippen MR) is 99.2 cm³/mol. The molecule has 1 aromatic rings. The van der Waals surface area contributed by atoms with Crippen LogP contribution in [0.2, 0.25) is 0 Å². The minimum absolute atomic E-state index is 0.185. The second kappa shape index (κ2) is 9.25. The molecule has 1 aliphatic rings. The summed E-state index contributed by atoms with van der Waals surface area (Å²) in [5.74, 6) is -2.89. The van der Waals surface area contributed by atoms with Crippen molar-refractivity contribution in [1.29, 1.82) is 0 Å². The first-order chi connectivity index (χ1) is 13.8. The van der Waals surface area contributed by atoms with Crippen molar-refractivity contribution in [2.75, 3.05) is 12.4 Å². The van der Waals surface area contributed by atoms with E-state index >= 15 is 0 Å². The number of carbonyl (C=O) groups is 1. The zero-order valence-electron chi connectivity index (χ0n) is 16.3. The zero-order chi connectivity index (χ0) is 22.6. The van der Waals surface area contributed by atoms with Crippen molar-refractivity contribution in [3.63, 3.8) is 0 Å². The lowest BCUT2D eigenvalue weighted by molar-refractivity contribution is -0.275. The van der Waals surface area contributed by atoms with Crippen molar-refractivity contribution < 1.29 is 45.1 Å². The van der Waals surface area contributed by atoms with Crippen LogP contribution in [0.5, 0.6) is 11.5 Å². The molecule has 0 saturated heterocycles. The number of hydrogen-bond acceptors (Lipinski definition) is 7. The van der Waals surface area contributed by atoms with Crippen LogP contribution in [0, 0.1) is 0 Å². The summed E-state index contributed by atoms with van der Waals surface area (Å²) < 4.78 is 85.0. The van der Waals surface area contributed by atoms with Gasteiger partial charge in [-0.1, -0.05) is 13.0 Å². The summed E-state index contributed by atoms with van der Waals surface area (Å²) in [6, 6.07) is 2.98. The van der Waals surface area contributed by atoms with Crippen molar-refractivity contribution >= 4 is 16.1 Å². The van der Waals surface area contributed by atoms with Gasteiger partial charge < -0.3 is 18.8 Å². The van der Waals surface area contributed by atoms with Crippen LogP contribution in [-0.2, 0) is 14.9 Å². The molecule has 2 rings (SSSR count). The summed E-state index contributed by atoms with van der Waals surface area (Å²) in [7, 11) is -4.58. The van der Waals surface area contributed by atoms with Crippen molar-refractivity contribution in [3.8, 4) is 11.5 Å². The van der Waals surface area contributed by atoms with Gasteiger partial charge in [0, 0.05) is 0 Å². The molecule has 1 aliphatic carbocycles. The number of halogens is 3. The number of ether oxygens (including phenoxy) is 3. The van der Waals surface area contributed by atoms with Gasteiger partial charge in [0.05, 0.1) is 21.4 Å². The molecule has 1 fully saturated rings. The molecule has 0 aliphatic heterocycles. The van der Waals surface area contributed by atoms with Gasteiger partial charge in [0.1, 0.15) is 12.2 Å². The highest BCUT2D eigenvalue weighted by molar-refractivity contribution is 7.85. The molecule has 0 N–H and O–H groups in total. The average Bonchev–Trinajstić information content (AvgIpc) is 2.61. The number of hydrogen-bond donors (Lipinski definition) is 0. The SMILES string of the molecule is C=C(C)C1(Oc2cc(C(=O)OCCS(=O)(=O)[O-])ccc2OC(F)(F)F)CCCCC1. The summed E-state index contributed by atoms with van der Waals surface area (Å²) in [4.78, 5) is 12.1. The summed E-state index contributed by atoms with van der Waals surface area (Å²) >= 11 is 0. The first-order valence-electron chi connectivity index (χ1n) is 9.17. The monoisotopic (exact) mass is 451 g/mol. The Morgan fingerprint density at radius 2 is 1.83 bits per heavy atom. The van der Waals surface area contributed by atoms with Gasteiger partial charge in [-0.25, -0.2) is 13.2 Å². The highest BCUT2D eigenvalue weighted by atomic mass is 32.2. The lowest BCUT2D eigenvalue weighted by atomic mass is 9.80. The van der Waals surface area contributed by atoms with Crippen molar-refractivity contribution in [2.45, 2.75) is 51.0 Å². The van der Waals surface area contributed by atoms with E-state index in [1.165, 1.54) is 0 Å². The third kappa shape index (κ3) is 6.91. The molecular formula is C19H22F3O7S-. The largest absolute Gasteiger partial charge is 0.748 e. The Labute approximate surface area is 172 Å². The molecule has 7 nitrogen and oxygen atoms in total. The summed E-state index contributed by atoms with van der Waals surface area (Å²) in [5, 5.41) is 0. The Hall–Kier alpha value is -2.27. The molecular weight excluding hydrogens is 429 g/mol. The predicted octanol–water partition coefficient (Wildman–Crippen LogP) is 3.95. The van der Waals surface area contributed by atoms with Gasteiger partial charge in [-0.3, -0.25) is 0 Å². The minimum atomic E-state index is -4.98. The van der Waals surface area contributed by atoms with Gasteiger partial charge >= 0.3 is 12.3 Å². The molecule has 0 amide bonds. The molecule has 168 valence electrons. The smallest absolute Gasteiger partial charge is 0.573 e. The van der Waals surface area contributed by atoms with Crippen LogP contribution in [0.15, 0.2) is 30.4 Å². The lowest BCUT2D eigenvalue weighted by Gasteiger charge is -2.38.